The molecule has 33 heavy (non-hydrogen) atoms. The highest BCUT2D eigenvalue weighted by molar-refractivity contribution is 5.97. The Hall–Kier alpha value is -1.82. The number of nitrogens with zero attached hydrogens (tertiary/aromatic N) is 2. The Morgan fingerprint density at radius 2 is 1.91 bits per heavy atom. The second-order valence-corrected chi connectivity index (χ2v) is 9.63. The van der Waals surface area contributed by atoms with Crippen molar-refractivity contribution in [3.8, 4) is 0 Å². The molecule has 184 valence electrons. The van der Waals surface area contributed by atoms with Crippen LogP contribution in [0.25, 0.3) is 0 Å². The Bertz CT molecular complexity index is 839. The van der Waals surface area contributed by atoms with Gasteiger partial charge in [0.05, 0.1) is 6.61 Å². The Morgan fingerprint density at radius 1 is 1.12 bits per heavy atom. The molecule has 3 rings (SSSR count). The lowest BCUT2D eigenvalue weighted by Crippen LogP contribution is -2.33. The lowest BCUT2D eigenvalue weighted by atomic mass is 9.79. The standard InChI is InChI=1S/C27H39F3N2O/c1-4-6-8-9-15-33-32-14-13-24(31-27(32)30)21-12-11-20-17-22(16-19(3)10-7-5-2)25(28)26(29)23(20)18-21/h13-14,17,19,21,27H,4-12,15-16,18H2,1-3H3. The summed E-state index contributed by atoms with van der Waals surface area (Å²) < 4.78 is 44.4. The molecular weight excluding hydrogens is 425 g/mol. The lowest BCUT2D eigenvalue weighted by Gasteiger charge is -2.30. The van der Waals surface area contributed by atoms with Gasteiger partial charge < -0.3 is 0 Å². The maximum Gasteiger partial charge on any atom is 0.288 e. The zero-order valence-electron chi connectivity index (χ0n) is 20.4. The van der Waals surface area contributed by atoms with E-state index in [1.807, 2.05) is 6.07 Å². The zero-order valence-corrected chi connectivity index (χ0v) is 20.4. The molecule has 0 aromatic heterocycles. The van der Waals surface area contributed by atoms with E-state index < -0.39 is 18.1 Å². The molecule has 1 aliphatic heterocycles. The second-order valence-electron chi connectivity index (χ2n) is 9.63. The SMILES string of the molecule is CCCCCCON1C=CC(C2CCc3cc(CC(C)CCCC)c(F)c(F)c3C2)=NC1F. The summed E-state index contributed by atoms with van der Waals surface area (Å²) in [7, 11) is 0. The number of benzene rings is 1. The van der Waals surface area contributed by atoms with Crippen molar-refractivity contribution in [1.82, 2.24) is 5.06 Å². The summed E-state index contributed by atoms with van der Waals surface area (Å²) in [6.07, 6.45) is 11.5. The first-order chi connectivity index (χ1) is 15.9. The van der Waals surface area contributed by atoms with Gasteiger partial charge >= 0.3 is 0 Å². The molecule has 2 aliphatic rings. The van der Waals surface area contributed by atoms with Crippen molar-refractivity contribution >= 4 is 5.71 Å². The van der Waals surface area contributed by atoms with E-state index in [-0.39, 0.29) is 5.92 Å². The number of hydrogen-bond donors (Lipinski definition) is 0. The van der Waals surface area contributed by atoms with E-state index >= 15 is 4.39 Å². The van der Waals surface area contributed by atoms with Crippen molar-refractivity contribution in [2.24, 2.45) is 16.8 Å². The minimum Gasteiger partial charge on any atom is -0.270 e. The lowest BCUT2D eigenvalue weighted by molar-refractivity contribution is -0.180. The van der Waals surface area contributed by atoms with E-state index in [0.29, 0.717) is 48.6 Å². The average molecular weight is 465 g/mol. The minimum atomic E-state index is -1.61. The number of alkyl halides is 1. The Labute approximate surface area is 197 Å². The molecule has 0 amide bonds. The largest absolute Gasteiger partial charge is 0.288 e. The third kappa shape index (κ3) is 6.84. The molecular formula is C27H39F3N2O. The maximum atomic E-state index is 15.0. The molecule has 0 radical (unpaired) electrons. The van der Waals surface area contributed by atoms with Gasteiger partial charge in [0.1, 0.15) is 0 Å². The van der Waals surface area contributed by atoms with Gasteiger partial charge in [-0.05, 0) is 60.8 Å². The number of halogens is 3. The van der Waals surface area contributed by atoms with Crippen LogP contribution in [0.15, 0.2) is 23.3 Å². The van der Waals surface area contributed by atoms with Gasteiger partial charge in [0.15, 0.2) is 11.6 Å². The van der Waals surface area contributed by atoms with Crippen molar-refractivity contribution in [2.45, 2.75) is 97.8 Å². The molecule has 1 aromatic rings. The number of rotatable bonds is 12. The molecule has 0 saturated heterocycles. The number of fused-ring (bicyclic) bond motifs is 1. The predicted molar refractivity (Wildman–Crippen MR) is 128 cm³/mol. The molecule has 0 bridgehead atoms. The van der Waals surface area contributed by atoms with Crippen LogP contribution >= 0.6 is 0 Å². The van der Waals surface area contributed by atoms with Crippen LogP contribution in [0.5, 0.6) is 0 Å². The van der Waals surface area contributed by atoms with E-state index in [4.69, 9.17) is 4.84 Å². The highest BCUT2D eigenvalue weighted by atomic mass is 19.2. The average Bonchev–Trinajstić information content (AvgIpc) is 2.81. The van der Waals surface area contributed by atoms with Crippen LogP contribution in [0.2, 0.25) is 0 Å². The first-order valence-corrected chi connectivity index (χ1v) is 12.7. The molecule has 0 spiro atoms. The van der Waals surface area contributed by atoms with Crippen molar-refractivity contribution in [1.29, 1.82) is 0 Å². The van der Waals surface area contributed by atoms with Crippen LogP contribution in [0.1, 0.15) is 88.8 Å². The summed E-state index contributed by atoms with van der Waals surface area (Å²) in [6, 6.07) is 1.86. The molecule has 3 atom stereocenters. The van der Waals surface area contributed by atoms with Gasteiger partial charge in [0, 0.05) is 17.8 Å². The van der Waals surface area contributed by atoms with Gasteiger partial charge in [-0.2, -0.15) is 4.39 Å². The Kier molecular flexibility index (Phi) is 9.84. The summed E-state index contributed by atoms with van der Waals surface area (Å²) in [4.78, 5) is 9.65. The first-order valence-electron chi connectivity index (χ1n) is 12.7. The van der Waals surface area contributed by atoms with Crippen LogP contribution < -0.4 is 0 Å². The van der Waals surface area contributed by atoms with Crippen LogP contribution in [-0.4, -0.2) is 23.8 Å². The highest BCUT2D eigenvalue weighted by Gasteiger charge is 2.30. The van der Waals surface area contributed by atoms with Crippen LogP contribution in [-0.2, 0) is 24.1 Å². The van der Waals surface area contributed by atoms with Crippen molar-refractivity contribution in [2.75, 3.05) is 6.61 Å². The van der Waals surface area contributed by atoms with Gasteiger partial charge in [-0.1, -0.05) is 65.4 Å². The number of hydrogen-bond acceptors (Lipinski definition) is 3. The van der Waals surface area contributed by atoms with Gasteiger partial charge in [0.25, 0.3) is 6.42 Å². The smallest absolute Gasteiger partial charge is 0.270 e. The molecule has 0 fully saturated rings. The summed E-state index contributed by atoms with van der Waals surface area (Å²) in [5.74, 6) is -1.25. The molecule has 3 unspecified atom stereocenters. The van der Waals surface area contributed by atoms with E-state index in [1.165, 1.54) is 0 Å². The molecule has 0 saturated carbocycles. The fourth-order valence-electron chi connectivity index (χ4n) is 4.82. The molecule has 6 heteroatoms. The van der Waals surface area contributed by atoms with Crippen LogP contribution in [0, 0.1) is 23.5 Å². The topological polar surface area (TPSA) is 24.8 Å². The summed E-state index contributed by atoms with van der Waals surface area (Å²) in [5.41, 5.74) is 2.39. The second kappa shape index (κ2) is 12.6. The number of allylic oxidation sites excluding steroid dienone is 1. The van der Waals surface area contributed by atoms with E-state index in [1.54, 1.807) is 12.3 Å². The first kappa shape index (κ1) is 25.8. The third-order valence-corrected chi connectivity index (χ3v) is 6.82. The molecule has 1 aromatic carbocycles. The monoisotopic (exact) mass is 464 g/mol. The normalized spacial score (nSPS) is 21.2. The highest BCUT2D eigenvalue weighted by Crippen LogP contribution is 2.33. The maximum absolute atomic E-state index is 15.0. The van der Waals surface area contributed by atoms with Gasteiger partial charge in [-0.25, -0.2) is 18.8 Å². The Balaban J connectivity index is 1.62. The zero-order chi connectivity index (χ0) is 23.8. The Morgan fingerprint density at radius 3 is 2.64 bits per heavy atom. The van der Waals surface area contributed by atoms with Crippen molar-refractivity contribution in [3.63, 3.8) is 0 Å². The van der Waals surface area contributed by atoms with Crippen molar-refractivity contribution in [3.05, 3.63) is 46.7 Å². The van der Waals surface area contributed by atoms with E-state index in [0.717, 1.165) is 62.0 Å². The van der Waals surface area contributed by atoms with Gasteiger partial charge in [-0.15, -0.1) is 0 Å². The number of aliphatic imine (C=N–C) groups is 1. The number of hydroxylamine groups is 2. The predicted octanol–water partition coefficient (Wildman–Crippen LogP) is 7.47. The van der Waals surface area contributed by atoms with Gasteiger partial charge in [-0.3, -0.25) is 4.84 Å². The third-order valence-electron chi connectivity index (χ3n) is 6.82. The summed E-state index contributed by atoms with van der Waals surface area (Å²) in [6.45, 7) is 6.83. The summed E-state index contributed by atoms with van der Waals surface area (Å²) >= 11 is 0. The van der Waals surface area contributed by atoms with E-state index in [2.05, 4.69) is 25.8 Å². The summed E-state index contributed by atoms with van der Waals surface area (Å²) in [5, 5.41) is 1.14. The number of unbranched alkanes of at least 4 members (excludes halogenated alkanes) is 4. The number of aryl methyl sites for hydroxylation is 1. The fourth-order valence-corrected chi connectivity index (χ4v) is 4.82. The van der Waals surface area contributed by atoms with Gasteiger partial charge in [0.2, 0.25) is 0 Å². The van der Waals surface area contributed by atoms with Crippen LogP contribution in [0.4, 0.5) is 13.2 Å². The van der Waals surface area contributed by atoms with Crippen molar-refractivity contribution < 1.29 is 18.0 Å². The molecule has 1 heterocycles. The fraction of sp³-hybridized carbons (Fsp3) is 0.667. The molecule has 0 N–H and O–H groups in total. The molecule has 1 aliphatic carbocycles. The van der Waals surface area contributed by atoms with Crippen LogP contribution in [0.3, 0.4) is 0 Å². The molecule has 3 nitrogen and oxygen atoms in total. The quantitative estimate of drug-likeness (QED) is 0.237. The van der Waals surface area contributed by atoms with E-state index in [9.17, 15) is 8.78 Å². The minimum absolute atomic E-state index is 0.123.